The van der Waals surface area contributed by atoms with Gasteiger partial charge in [-0.3, -0.25) is 0 Å². The van der Waals surface area contributed by atoms with Crippen molar-refractivity contribution in [2.75, 3.05) is 6.61 Å². The average molecular weight is 417 g/mol. The quantitative estimate of drug-likeness (QED) is 0.598. The van der Waals surface area contributed by atoms with Crippen LogP contribution in [0.4, 0.5) is 0 Å². The molecular weight excluding hydrogens is 393 g/mol. The van der Waals surface area contributed by atoms with Crippen molar-refractivity contribution in [3.8, 4) is 0 Å². The number of rotatable bonds is 5. The van der Waals surface area contributed by atoms with Crippen molar-refractivity contribution < 1.29 is 9.53 Å². The molecule has 0 spiro atoms. The molecule has 1 saturated heterocycles. The molecule has 0 saturated carbocycles. The Balaban J connectivity index is 1.93. The van der Waals surface area contributed by atoms with E-state index >= 15 is 0 Å². The standard InChI is InChI=1S/C24H24GeO2/c1-19-24(26)20(18-27-19)17-25(21-11-5-2-6-12-21,22-13-7-3-8-14-22)23-15-9-4-10-16-23/h2-16,19-20H,17-18H2,1H3. The number of carbonyl (C=O) groups excluding carboxylic acids is 1. The Kier molecular flexibility index (Phi) is 5.28. The SMILES string of the molecule is CC1OCC([CH2][Ge]([c]2ccccc2)([c]2ccccc2)[c]2ccccc2)C1=O. The van der Waals surface area contributed by atoms with Gasteiger partial charge in [0.25, 0.3) is 0 Å². The van der Waals surface area contributed by atoms with Crippen molar-refractivity contribution in [3.05, 3.63) is 91.0 Å². The summed E-state index contributed by atoms with van der Waals surface area (Å²) in [6.07, 6.45) is -0.280. The fourth-order valence-corrected chi connectivity index (χ4v) is 14.9. The molecular formula is C24H24GeO2. The van der Waals surface area contributed by atoms with Gasteiger partial charge in [-0.1, -0.05) is 0 Å². The van der Waals surface area contributed by atoms with Gasteiger partial charge >= 0.3 is 164 Å². The van der Waals surface area contributed by atoms with Crippen LogP contribution in [0.2, 0.25) is 5.25 Å². The van der Waals surface area contributed by atoms with Crippen molar-refractivity contribution >= 4 is 32.2 Å². The van der Waals surface area contributed by atoms with E-state index in [2.05, 4.69) is 91.0 Å². The molecule has 0 radical (unpaired) electrons. The summed E-state index contributed by atoms with van der Waals surface area (Å²) in [7, 11) is 0. The van der Waals surface area contributed by atoms with Crippen LogP contribution in [0, 0.1) is 5.92 Å². The van der Waals surface area contributed by atoms with E-state index in [0.717, 1.165) is 5.25 Å². The average Bonchev–Trinajstić information content (AvgIpc) is 3.06. The number of ether oxygens (including phenoxy) is 1. The van der Waals surface area contributed by atoms with Crippen LogP contribution in [-0.4, -0.2) is 31.8 Å². The van der Waals surface area contributed by atoms with E-state index in [1.807, 2.05) is 6.92 Å². The molecule has 4 rings (SSSR count). The third-order valence-electron chi connectivity index (χ3n) is 5.70. The van der Waals surface area contributed by atoms with Gasteiger partial charge in [0.1, 0.15) is 0 Å². The molecule has 1 fully saturated rings. The molecule has 2 nitrogen and oxygen atoms in total. The molecule has 27 heavy (non-hydrogen) atoms. The van der Waals surface area contributed by atoms with Crippen LogP contribution < -0.4 is 13.2 Å². The van der Waals surface area contributed by atoms with Gasteiger partial charge in [0.15, 0.2) is 0 Å². The van der Waals surface area contributed by atoms with Crippen LogP contribution in [-0.2, 0) is 9.53 Å². The van der Waals surface area contributed by atoms with Gasteiger partial charge in [-0.05, 0) is 0 Å². The van der Waals surface area contributed by atoms with Gasteiger partial charge in [-0.2, -0.15) is 0 Å². The Bertz CT molecular complexity index is 797. The number of benzene rings is 3. The summed E-state index contributed by atoms with van der Waals surface area (Å²) < 4.78 is 9.88. The Hall–Kier alpha value is -2.17. The molecule has 1 aliphatic heterocycles. The van der Waals surface area contributed by atoms with Crippen LogP contribution in [0.25, 0.3) is 0 Å². The molecule has 2 atom stereocenters. The third kappa shape index (κ3) is 3.40. The minimum atomic E-state index is -3.05. The Labute approximate surface area is 163 Å². The zero-order chi connectivity index (χ0) is 18.7. The zero-order valence-electron chi connectivity index (χ0n) is 15.5. The molecule has 0 bridgehead atoms. The van der Waals surface area contributed by atoms with Gasteiger partial charge in [0.05, 0.1) is 0 Å². The number of ketones is 1. The second-order valence-electron chi connectivity index (χ2n) is 7.28. The maximum absolute atomic E-state index is 12.8. The fourth-order valence-electron chi connectivity index (χ4n) is 4.31. The molecule has 0 amide bonds. The van der Waals surface area contributed by atoms with Crippen molar-refractivity contribution in [2.45, 2.75) is 18.3 Å². The van der Waals surface area contributed by atoms with E-state index in [4.69, 9.17) is 4.74 Å². The van der Waals surface area contributed by atoms with E-state index in [9.17, 15) is 4.79 Å². The van der Waals surface area contributed by atoms with E-state index in [-0.39, 0.29) is 17.8 Å². The molecule has 0 aromatic heterocycles. The fraction of sp³-hybridized carbons (Fsp3) is 0.208. The molecule has 2 unspecified atom stereocenters. The molecule has 3 aromatic carbocycles. The van der Waals surface area contributed by atoms with Crippen LogP contribution in [0.15, 0.2) is 91.0 Å². The Morgan fingerprint density at radius 3 is 1.52 bits per heavy atom. The molecule has 1 heterocycles. The van der Waals surface area contributed by atoms with Crippen molar-refractivity contribution in [1.82, 2.24) is 0 Å². The van der Waals surface area contributed by atoms with Gasteiger partial charge < -0.3 is 0 Å². The summed E-state index contributed by atoms with van der Waals surface area (Å²) in [5.41, 5.74) is 0. The van der Waals surface area contributed by atoms with E-state index in [0.29, 0.717) is 6.61 Å². The van der Waals surface area contributed by atoms with Crippen molar-refractivity contribution in [1.29, 1.82) is 0 Å². The van der Waals surface area contributed by atoms with Gasteiger partial charge in [-0.25, -0.2) is 0 Å². The second-order valence-corrected chi connectivity index (χ2v) is 15.6. The predicted octanol–water partition coefficient (Wildman–Crippen LogP) is 2.76. The minimum absolute atomic E-state index is 0.0272. The molecule has 3 heteroatoms. The van der Waals surface area contributed by atoms with E-state index in [1.54, 1.807) is 0 Å². The first-order valence-corrected chi connectivity index (χ1v) is 14.2. The Morgan fingerprint density at radius 2 is 1.19 bits per heavy atom. The number of hydrogen-bond acceptors (Lipinski definition) is 2. The number of carbonyl (C=O) groups is 1. The summed E-state index contributed by atoms with van der Waals surface area (Å²) in [6, 6.07) is 32.5. The normalized spacial score (nSPS) is 20.0. The molecule has 1 aliphatic rings. The third-order valence-corrected chi connectivity index (χ3v) is 16.3. The van der Waals surface area contributed by atoms with Crippen LogP contribution in [0.1, 0.15) is 6.92 Å². The predicted molar refractivity (Wildman–Crippen MR) is 113 cm³/mol. The summed E-state index contributed by atoms with van der Waals surface area (Å²) in [5.74, 6) is 0.230. The molecule has 3 aromatic rings. The van der Waals surface area contributed by atoms with Gasteiger partial charge in [0.2, 0.25) is 0 Å². The van der Waals surface area contributed by atoms with Gasteiger partial charge in [0, 0.05) is 0 Å². The summed E-state index contributed by atoms with van der Waals surface area (Å²) in [6.45, 7) is 2.42. The van der Waals surface area contributed by atoms with E-state index in [1.165, 1.54) is 13.2 Å². The van der Waals surface area contributed by atoms with E-state index < -0.39 is 13.3 Å². The number of hydrogen-bond donors (Lipinski definition) is 0. The number of Topliss-reactive ketones (excluding diaryl/α,β-unsaturated/α-hetero) is 1. The summed E-state index contributed by atoms with van der Waals surface area (Å²) in [4.78, 5) is 12.8. The molecule has 0 N–H and O–H groups in total. The molecule has 0 aliphatic carbocycles. The first kappa shape index (κ1) is 18.2. The summed E-state index contributed by atoms with van der Waals surface area (Å²) in [5, 5.41) is 0.890. The van der Waals surface area contributed by atoms with Crippen molar-refractivity contribution in [2.24, 2.45) is 5.92 Å². The zero-order valence-corrected chi connectivity index (χ0v) is 17.6. The second kappa shape index (κ2) is 7.83. The Morgan fingerprint density at radius 1 is 0.778 bits per heavy atom. The maximum atomic E-state index is 12.8. The topological polar surface area (TPSA) is 26.3 Å². The van der Waals surface area contributed by atoms with Gasteiger partial charge in [-0.15, -0.1) is 0 Å². The van der Waals surface area contributed by atoms with Crippen LogP contribution >= 0.6 is 0 Å². The monoisotopic (exact) mass is 418 g/mol. The molecule has 136 valence electrons. The van der Waals surface area contributed by atoms with Crippen molar-refractivity contribution in [3.63, 3.8) is 0 Å². The first-order chi connectivity index (χ1) is 13.2. The summed E-state index contributed by atoms with van der Waals surface area (Å²) >= 11 is -3.05. The van der Waals surface area contributed by atoms with Crippen LogP contribution in [0.5, 0.6) is 0 Å². The first-order valence-electron chi connectivity index (χ1n) is 9.54. The van der Waals surface area contributed by atoms with Crippen LogP contribution in [0.3, 0.4) is 0 Å².